The Morgan fingerprint density at radius 3 is 2.15 bits per heavy atom. The number of amides is 3. The highest BCUT2D eigenvalue weighted by atomic mass is 16.4. The molecule has 1 aromatic carbocycles. The number of guanidine groups is 1. The zero-order chi connectivity index (χ0) is 29.5. The molecule has 14 nitrogen and oxygen atoms in total. The van der Waals surface area contributed by atoms with Gasteiger partial charge in [-0.3, -0.25) is 19.4 Å². The van der Waals surface area contributed by atoms with Gasteiger partial charge in [0.1, 0.15) is 23.9 Å². The summed E-state index contributed by atoms with van der Waals surface area (Å²) in [6.07, 6.45) is 3.41. The van der Waals surface area contributed by atoms with Crippen molar-refractivity contribution in [2.24, 2.45) is 22.2 Å². The SMILES string of the molecule is NCCCCC(NC(=O)C(CCCN=C(N)N)NC(=O)C1CCCN1)C(=O)NC(Cc1ccc(O)cc1)C(=O)O. The first-order chi connectivity index (χ1) is 19.1. The lowest BCUT2D eigenvalue weighted by Crippen LogP contribution is -2.57. The summed E-state index contributed by atoms with van der Waals surface area (Å²) in [6.45, 7) is 1.35. The van der Waals surface area contributed by atoms with Crippen LogP contribution in [0.15, 0.2) is 29.3 Å². The number of nitrogens with two attached hydrogens (primary N) is 3. The number of aliphatic carboxylic acids is 1. The van der Waals surface area contributed by atoms with Crippen LogP contribution in [0.1, 0.15) is 50.5 Å². The summed E-state index contributed by atoms with van der Waals surface area (Å²) < 4.78 is 0. The third-order valence-electron chi connectivity index (χ3n) is 6.53. The summed E-state index contributed by atoms with van der Waals surface area (Å²) in [5, 5.41) is 30.3. The van der Waals surface area contributed by atoms with E-state index in [9.17, 15) is 29.4 Å². The lowest BCUT2D eigenvalue weighted by molar-refractivity contribution is -0.142. The molecule has 12 N–H and O–H groups in total. The highest BCUT2D eigenvalue weighted by Crippen LogP contribution is 2.12. The predicted molar refractivity (Wildman–Crippen MR) is 149 cm³/mol. The quantitative estimate of drug-likeness (QED) is 0.0598. The molecular formula is C26H42N8O6. The summed E-state index contributed by atoms with van der Waals surface area (Å²) in [6, 6.07) is 2.29. The van der Waals surface area contributed by atoms with Crippen molar-refractivity contribution in [1.29, 1.82) is 0 Å². The molecule has 0 aliphatic carbocycles. The summed E-state index contributed by atoms with van der Waals surface area (Å²) in [5.41, 5.74) is 16.9. The molecule has 1 saturated heterocycles. The van der Waals surface area contributed by atoms with Gasteiger partial charge in [0.25, 0.3) is 0 Å². The van der Waals surface area contributed by atoms with Gasteiger partial charge in [-0.1, -0.05) is 12.1 Å². The van der Waals surface area contributed by atoms with Gasteiger partial charge in [0.05, 0.1) is 6.04 Å². The van der Waals surface area contributed by atoms with Gasteiger partial charge in [-0.25, -0.2) is 4.79 Å². The van der Waals surface area contributed by atoms with Crippen molar-refractivity contribution in [1.82, 2.24) is 21.3 Å². The van der Waals surface area contributed by atoms with E-state index in [2.05, 4.69) is 26.3 Å². The molecular weight excluding hydrogens is 520 g/mol. The van der Waals surface area contributed by atoms with E-state index in [1.54, 1.807) is 12.1 Å². The highest BCUT2D eigenvalue weighted by molar-refractivity contribution is 5.94. The number of carbonyl (C=O) groups excluding carboxylic acids is 3. The van der Waals surface area contributed by atoms with Gasteiger partial charge in [0.2, 0.25) is 17.7 Å². The normalized spacial score (nSPS) is 16.8. The Hall–Kier alpha value is -3.91. The summed E-state index contributed by atoms with van der Waals surface area (Å²) in [4.78, 5) is 55.1. The number of carboxylic acid groups (broad SMARTS) is 1. The number of unbranched alkanes of at least 4 members (excludes halogenated alkanes) is 1. The second kappa shape index (κ2) is 16.9. The number of aromatic hydroxyl groups is 1. The van der Waals surface area contributed by atoms with E-state index in [0.29, 0.717) is 44.3 Å². The van der Waals surface area contributed by atoms with Gasteiger partial charge in [0, 0.05) is 13.0 Å². The monoisotopic (exact) mass is 562 g/mol. The van der Waals surface area contributed by atoms with Crippen molar-refractivity contribution in [3.8, 4) is 5.75 Å². The number of aliphatic imine (C=N–C) groups is 1. The Kier molecular flexibility index (Phi) is 13.7. The van der Waals surface area contributed by atoms with Crippen LogP contribution in [0, 0.1) is 0 Å². The van der Waals surface area contributed by atoms with Gasteiger partial charge in [-0.2, -0.15) is 0 Å². The van der Waals surface area contributed by atoms with E-state index in [-0.39, 0.29) is 43.4 Å². The minimum absolute atomic E-state index is 0.0251. The first kappa shape index (κ1) is 32.3. The number of carboxylic acids is 1. The van der Waals surface area contributed by atoms with E-state index in [1.807, 2.05) is 0 Å². The molecule has 222 valence electrons. The Balaban J connectivity index is 2.13. The number of hydrogen-bond donors (Lipinski definition) is 9. The van der Waals surface area contributed by atoms with Crippen LogP contribution in [0.2, 0.25) is 0 Å². The maximum atomic E-state index is 13.3. The summed E-state index contributed by atoms with van der Waals surface area (Å²) >= 11 is 0. The predicted octanol–water partition coefficient (Wildman–Crippen LogP) is -1.59. The van der Waals surface area contributed by atoms with Gasteiger partial charge in [-0.05, 0) is 75.7 Å². The minimum atomic E-state index is -1.27. The molecule has 2 rings (SSSR count). The van der Waals surface area contributed by atoms with Gasteiger partial charge >= 0.3 is 5.97 Å². The number of nitrogens with zero attached hydrogens (tertiary/aromatic N) is 1. The third-order valence-corrected chi connectivity index (χ3v) is 6.53. The summed E-state index contributed by atoms with van der Waals surface area (Å²) in [7, 11) is 0. The van der Waals surface area contributed by atoms with Crippen LogP contribution in [-0.2, 0) is 25.6 Å². The van der Waals surface area contributed by atoms with E-state index < -0.39 is 42.0 Å². The van der Waals surface area contributed by atoms with E-state index >= 15 is 0 Å². The molecule has 0 saturated carbocycles. The molecule has 4 atom stereocenters. The first-order valence-corrected chi connectivity index (χ1v) is 13.5. The fourth-order valence-corrected chi connectivity index (χ4v) is 4.33. The van der Waals surface area contributed by atoms with Crippen molar-refractivity contribution < 1.29 is 29.4 Å². The molecule has 0 bridgehead atoms. The number of benzene rings is 1. The summed E-state index contributed by atoms with van der Waals surface area (Å²) in [5.74, 6) is -2.86. The average molecular weight is 563 g/mol. The Labute approximate surface area is 233 Å². The number of rotatable bonds is 17. The fraction of sp³-hybridized carbons (Fsp3) is 0.577. The molecule has 0 spiro atoms. The van der Waals surface area contributed by atoms with Crippen LogP contribution in [0.4, 0.5) is 0 Å². The van der Waals surface area contributed by atoms with Crippen LogP contribution in [0.3, 0.4) is 0 Å². The second-order valence-corrected chi connectivity index (χ2v) is 9.77. The number of carbonyl (C=O) groups is 4. The Bertz CT molecular complexity index is 1010. The molecule has 1 heterocycles. The van der Waals surface area contributed by atoms with Crippen molar-refractivity contribution >= 4 is 29.7 Å². The topological polar surface area (TPSA) is 247 Å². The molecule has 1 fully saturated rings. The molecule has 1 aromatic rings. The van der Waals surface area contributed by atoms with E-state index in [0.717, 1.165) is 6.42 Å². The van der Waals surface area contributed by atoms with Gasteiger partial charge in [-0.15, -0.1) is 0 Å². The number of phenolic OH excluding ortho intramolecular Hbond substituents is 1. The molecule has 0 aromatic heterocycles. The maximum Gasteiger partial charge on any atom is 0.326 e. The molecule has 1 aliphatic rings. The molecule has 1 aliphatic heterocycles. The maximum absolute atomic E-state index is 13.3. The third kappa shape index (κ3) is 11.5. The Morgan fingerprint density at radius 2 is 1.57 bits per heavy atom. The Morgan fingerprint density at radius 1 is 0.950 bits per heavy atom. The highest BCUT2D eigenvalue weighted by Gasteiger charge is 2.31. The van der Waals surface area contributed by atoms with Crippen molar-refractivity contribution in [2.45, 2.75) is 75.5 Å². The van der Waals surface area contributed by atoms with Crippen LogP contribution in [-0.4, -0.2) is 83.7 Å². The lowest BCUT2D eigenvalue weighted by atomic mass is 10.0. The largest absolute Gasteiger partial charge is 0.508 e. The van der Waals surface area contributed by atoms with Gasteiger partial charge < -0.3 is 48.7 Å². The lowest BCUT2D eigenvalue weighted by Gasteiger charge is -2.25. The van der Waals surface area contributed by atoms with E-state index in [4.69, 9.17) is 17.2 Å². The van der Waals surface area contributed by atoms with Crippen molar-refractivity contribution in [2.75, 3.05) is 19.6 Å². The molecule has 4 unspecified atom stereocenters. The first-order valence-electron chi connectivity index (χ1n) is 13.5. The number of nitrogens with one attached hydrogen (secondary N) is 4. The molecule has 14 heteroatoms. The smallest absolute Gasteiger partial charge is 0.326 e. The zero-order valence-electron chi connectivity index (χ0n) is 22.6. The standard InChI is InChI=1S/C26H42N8O6/c27-12-2-1-5-19(24(38)34-21(25(39)40)15-16-8-10-17(35)11-9-16)33-23(37)20(7-4-14-31-26(28)29)32-22(36)18-6-3-13-30-18/h8-11,18-21,30,35H,1-7,12-15,27H2,(H,32,36)(H,33,37)(H,34,38)(H,39,40)(H4,28,29,31). The second-order valence-electron chi connectivity index (χ2n) is 9.77. The number of hydrogen-bond acceptors (Lipinski definition) is 8. The molecule has 3 amide bonds. The van der Waals surface area contributed by atoms with Crippen LogP contribution < -0.4 is 38.5 Å². The molecule has 40 heavy (non-hydrogen) atoms. The van der Waals surface area contributed by atoms with Crippen molar-refractivity contribution in [3.63, 3.8) is 0 Å². The van der Waals surface area contributed by atoms with Crippen molar-refractivity contribution in [3.05, 3.63) is 29.8 Å². The fourth-order valence-electron chi connectivity index (χ4n) is 4.33. The van der Waals surface area contributed by atoms with Crippen LogP contribution >= 0.6 is 0 Å². The van der Waals surface area contributed by atoms with Crippen LogP contribution in [0.5, 0.6) is 5.75 Å². The minimum Gasteiger partial charge on any atom is -0.508 e. The molecule has 0 radical (unpaired) electrons. The average Bonchev–Trinajstić information content (AvgIpc) is 3.45. The van der Waals surface area contributed by atoms with Gasteiger partial charge in [0.15, 0.2) is 5.96 Å². The zero-order valence-corrected chi connectivity index (χ0v) is 22.6. The van der Waals surface area contributed by atoms with E-state index in [1.165, 1.54) is 12.1 Å². The number of phenols is 1. The van der Waals surface area contributed by atoms with Crippen LogP contribution in [0.25, 0.3) is 0 Å².